The van der Waals surface area contributed by atoms with Crippen molar-refractivity contribution in [1.29, 1.82) is 0 Å². The van der Waals surface area contributed by atoms with Gasteiger partial charge in [-0.1, -0.05) is 6.08 Å². The van der Waals surface area contributed by atoms with Crippen LogP contribution in [-0.2, 0) is 9.59 Å². The molecule has 6 N–H and O–H groups in total. The Morgan fingerprint density at radius 1 is 1.19 bits per heavy atom. The zero-order valence-electron chi connectivity index (χ0n) is 15.0. The maximum absolute atomic E-state index is 12.4. The summed E-state index contributed by atoms with van der Waals surface area (Å²) in [5.74, 6) is -1.21. The van der Waals surface area contributed by atoms with E-state index < -0.39 is 42.0 Å². The average molecular weight is 377 g/mol. The lowest BCUT2D eigenvalue weighted by molar-refractivity contribution is -0.125. The van der Waals surface area contributed by atoms with E-state index in [1.165, 1.54) is 20.1 Å². The fourth-order valence-corrected chi connectivity index (χ4v) is 2.60. The summed E-state index contributed by atoms with van der Waals surface area (Å²) in [6.45, 7) is 1.43. The number of aliphatic hydroxyl groups excluding tert-OH is 2. The fourth-order valence-electron chi connectivity index (χ4n) is 2.60. The molecule has 9 nitrogen and oxygen atoms in total. The number of primary amides is 1. The van der Waals surface area contributed by atoms with Crippen LogP contribution in [0.3, 0.4) is 0 Å². The van der Waals surface area contributed by atoms with Crippen LogP contribution in [0.4, 0.5) is 0 Å². The minimum atomic E-state index is -1.28. The number of nitrogens with one attached hydrogen (secondary N) is 2. The van der Waals surface area contributed by atoms with E-state index in [2.05, 4.69) is 10.6 Å². The maximum atomic E-state index is 12.4. The van der Waals surface area contributed by atoms with Gasteiger partial charge in [0.2, 0.25) is 11.8 Å². The molecule has 0 heterocycles. The van der Waals surface area contributed by atoms with Crippen LogP contribution in [0.5, 0.6) is 5.75 Å². The van der Waals surface area contributed by atoms with Crippen LogP contribution < -0.4 is 21.1 Å². The number of rotatable bonds is 6. The van der Waals surface area contributed by atoms with Gasteiger partial charge in [0.05, 0.1) is 19.3 Å². The van der Waals surface area contributed by atoms with E-state index >= 15 is 0 Å². The van der Waals surface area contributed by atoms with E-state index in [-0.39, 0.29) is 12.0 Å². The van der Waals surface area contributed by atoms with Crippen LogP contribution in [0, 0.1) is 0 Å². The van der Waals surface area contributed by atoms with E-state index in [0.717, 1.165) is 0 Å². The molecule has 1 aromatic carbocycles. The van der Waals surface area contributed by atoms with Crippen LogP contribution >= 0.6 is 0 Å². The van der Waals surface area contributed by atoms with Crippen molar-refractivity contribution in [2.75, 3.05) is 7.11 Å². The molecule has 0 saturated heterocycles. The summed E-state index contributed by atoms with van der Waals surface area (Å²) in [5, 5.41) is 25.2. The first-order valence-corrected chi connectivity index (χ1v) is 8.35. The fraction of sp³-hybridized carbons (Fsp3) is 0.389. The van der Waals surface area contributed by atoms with Gasteiger partial charge in [-0.25, -0.2) is 0 Å². The Balaban J connectivity index is 2.13. The summed E-state index contributed by atoms with van der Waals surface area (Å²) in [6, 6.07) is 4.45. The zero-order chi connectivity index (χ0) is 20.1. The molecule has 0 spiro atoms. The Morgan fingerprint density at radius 3 is 2.37 bits per heavy atom. The molecule has 0 aliphatic heterocycles. The maximum Gasteiger partial charge on any atom is 0.251 e. The number of ether oxygens (including phenoxy) is 1. The van der Waals surface area contributed by atoms with E-state index in [4.69, 9.17) is 10.5 Å². The van der Waals surface area contributed by atoms with Crippen molar-refractivity contribution >= 4 is 17.7 Å². The van der Waals surface area contributed by atoms with Crippen LogP contribution in [0.25, 0.3) is 0 Å². The highest BCUT2D eigenvalue weighted by Gasteiger charge is 2.34. The molecule has 0 fully saturated rings. The molecular weight excluding hydrogens is 354 g/mol. The number of benzene rings is 1. The highest BCUT2D eigenvalue weighted by atomic mass is 16.5. The summed E-state index contributed by atoms with van der Waals surface area (Å²) in [5.41, 5.74) is 5.58. The minimum Gasteiger partial charge on any atom is -0.497 e. The summed E-state index contributed by atoms with van der Waals surface area (Å²) in [4.78, 5) is 35.7. The highest BCUT2D eigenvalue weighted by Crippen LogP contribution is 2.21. The third-order valence-corrected chi connectivity index (χ3v) is 4.29. The third-order valence-electron chi connectivity index (χ3n) is 4.29. The molecule has 1 aliphatic rings. The van der Waals surface area contributed by atoms with Crippen molar-refractivity contribution in [3.8, 4) is 5.75 Å². The topological polar surface area (TPSA) is 151 Å². The number of hydrogen-bond donors (Lipinski definition) is 5. The van der Waals surface area contributed by atoms with Gasteiger partial charge in [-0.05, 0) is 31.2 Å². The molecule has 1 aliphatic carbocycles. The normalized spacial score (nSPS) is 23.0. The molecule has 0 aromatic heterocycles. The second-order valence-corrected chi connectivity index (χ2v) is 6.28. The number of carbonyl (C=O) groups is 3. The van der Waals surface area contributed by atoms with Gasteiger partial charge in [-0.15, -0.1) is 0 Å². The van der Waals surface area contributed by atoms with E-state index in [9.17, 15) is 24.6 Å². The minimum absolute atomic E-state index is 0.118. The Labute approximate surface area is 156 Å². The zero-order valence-corrected chi connectivity index (χ0v) is 15.0. The first-order valence-electron chi connectivity index (χ1n) is 8.35. The Bertz CT molecular complexity index is 746. The van der Waals surface area contributed by atoms with Gasteiger partial charge in [-0.2, -0.15) is 0 Å². The quantitative estimate of drug-likeness (QED) is 0.422. The summed E-state index contributed by atoms with van der Waals surface area (Å²) in [6.07, 6.45) is -1.28. The van der Waals surface area contributed by atoms with Crippen molar-refractivity contribution in [3.63, 3.8) is 0 Å². The standard InChI is InChI=1S/C18H23N3O6/c1-9(16(19)24)20-18(26)11-7-13(15(23)14(22)8-11)21-17(25)10-3-5-12(27-2)6-4-10/h3-7,9,13-15,22-23H,8H2,1-2H3,(H2,19,24)(H,20,26)(H,21,25)/t9-,13-,14-,15-/m1/s1. The average Bonchev–Trinajstić information content (AvgIpc) is 2.64. The van der Waals surface area contributed by atoms with Crippen LogP contribution in [0.15, 0.2) is 35.9 Å². The molecule has 2 rings (SSSR count). The Hall–Kier alpha value is -2.91. The molecule has 1 aromatic rings. The van der Waals surface area contributed by atoms with Crippen molar-refractivity contribution in [2.24, 2.45) is 5.73 Å². The largest absolute Gasteiger partial charge is 0.497 e. The summed E-state index contributed by atoms with van der Waals surface area (Å²) < 4.78 is 5.03. The van der Waals surface area contributed by atoms with Crippen molar-refractivity contribution in [1.82, 2.24) is 10.6 Å². The molecule has 3 amide bonds. The number of methoxy groups -OCH3 is 1. The molecule has 146 valence electrons. The lowest BCUT2D eigenvalue weighted by Gasteiger charge is -2.31. The van der Waals surface area contributed by atoms with Crippen LogP contribution in [-0.4, -0.2) is 59.3 Å². The SMILES string of the molecule is COc1ccc(C(=O)N[C@@H]2C=C(C(=O)N[C@H](C)C(N)=O)C[C@@H](O)[C@@H]2O)cc1. The molecule has 0 radical (unpaired) electrons. The lowest BCUT2D eigenvalue weighted by Crippen LogP contribution is -2.51. The molecular formula is C18H23N3O6. The Morgan fingerprint density at radius 2 is 1.81 bits per heavy atom. The summed E-state index contributed by atoms with van der Waals surface area (Å²) in [7, 11) is 1.51. The van der Waals surface area contributed by atoms with Gasteiger partial charge < -0.3 is 31.3 Å². The first-order chi connectivity index (χ1) is 12.7. The second kappa shape index (κ2) is 8.65. The van der Waals surface area contributed by atoms with Crippen LogP contribution in [0.2, 0.25) is 0 Å². The third kappa shape index (κ3) is 5.05. The molecule has 0 bridgehead atoms. The molecule has 0 unspecified atom stereocenters. The van der Waals surface area contributed by atoms with Crippen LogP contribution in [0.1, 0.15) is 23.7 Å². The lowest BCUT2D eigenvalue weighted by atomic mass is 9.89. The number of amides is 3. The second-order valence-electron chi connectivity index (χ2n) is 6.28. The Kier molecular flexibility index (Phi) is 6.54. The number of nitrogens with two attached hydrogens (primary N) is 1. The van der Waals surface area contributed by atoms with Crippen molar-refractivity contribution in [3.05, 3.63) is 41.5 Å². The smallest absolute Gasteiger partial charge is 0.251 e. The van der Waals surface area contributed by atoms with Gasteiger partial charge in [0.1, 0.15) is 17.9 Å². The predicted octanol–water partition coefficient (Wildman–Crippen LogP) is -1.16. The van der Waals surface area contributed by atoms with Gasteiger partial charge in [0.25, 0.3) is 5.91 Å². The van der Waals surface area contributed by atoms with Gasteiger partial charge in [0, 0.05) is 17.6 Å². The highest BCUT2D eigenvalue weighted by molar-refractivity contribution is 5.97. The van der Waals surface area contributed by atoms with E-state index in [0.29, 0.717) is 11.3 Å². The number of aliphatic hydroxyl groups is 2. The van der Waals surface area contributed by atoms with Gasteiger partial charge in [-0.3, -0.25) is 14.4 Å². The first kappa shape index (κ1) is 20.4. The summed E-state index contributed by atoms with van der Waals surface area (Å²) >= 11 is 0. The number of hydrogen-bond acceptors (Lipinski definition) is 6. The van der Waals surface area contributed by atoms with E-state index in [1.54, 1.807) is 24.3 Å². The molecule has 4 atom stereocenters. The molecule has 0 saturated carbocycles. The van der Waals surface area contributed by atoms with Crippen molar-refractivity contribution < 1.29 is 29.3 Å². The number of carbonyl (C=O) groups excluding carboxylic acids is 3. The van der Waals surface area contributed by atoms with Gasteiger partial charge in [0.15, 0.2) is 0 Å². The van der Waals surface area contributed by atoms with Crippen molar-refractivity contribution in [2.45, 2.75) is 37.6 Å². The van der Waals surface area contributed by atoms with Gasteiger partial charge >= 0.3 is 0 Å². The molecule has 27 heavy (non-hydrogen) atoms. The monoisotopic (exact) mass is 377 g/mol. The molecule has 9 heteroatoms. The van der Waals surface area contributed by atoms with E-state index in [1.807, 2.05) is 0 Å². The predicted molar refractivity (Wildman–Crippen MR) is 95.8 cm³/mol.